The predicted octanol–water partition coefficient (Wildman–Crippen LogP) is 6.52. The third-order valence-electron chi connectivity index (χ3n) is 9.48. The van der Waals surface area contributed by atoms with E-state index in [4.69, 9.17) is 4.74 Å². The van der Waals surface area contributed by atoms with Crippen LogP contribution in [0.2, 0.25) is 0 Å². The molecular formula is C33H48O4. The lowest BCUT2D eigenvalue weighted by molar-refractivity contribution is 0.0275. The quantitative estimate of drug-likeness (QED) is 0.392. The number of benzene rings is 1. The summed E-state index contributed by atoms with van der Waals surface area (Å²) in [6.07, 6.45) is 10.3. The van der Waals surface area contributed by atoms with Crippen molar-refractivity contribution in [2.45, 2.75) is 104 Å². The highest BCUT2D eigenvalue weighted by molar-refractivity contribution is 5.39. The van der Waals surface area contributed by atoms with Gasteiger partial charge in [0.2, 0.25) is 0 Å². The Morgan fingerprint density at radius 1 is 1.19 bits per heavy atom. The zero-order valence-electron chi connectivity index (χ0n) is 23.6. The van der Waals surface area contributed by atoms with Crippen LogP contribution in [0.15, 0.2) is 53.6 Å². The van der Waals surface area contributed by atoms with Crippen LogP contribution in [0.3, 0.4) is 0 Å². The van der Waals surface area contributed by atoms with Crippen LogP contribution in [0.1, 0.15) is 89.3 Å². The summed E-state index contributed by atoms with van der Waals surface area (Å²) >= 11 is 0. The molecule has 0 amide bonds. The van der Waals surface area contributed by atoms with Gasteiger partial charge in [0, 0.05) is 13.0 Å². The van der Waals surface area contributed by atoms with Gasteiger partial charge in [-0.25, -0.2) is 0 Å². The van der Waals surface area contributed by atoms with Crippen LogP contribution >= 0.6 is 0 Å². The normalized spacial score (nSPS) is 33.7. The Kier molecular flexibility index (Phi) is 8.55. The third kappa shape index (κ3) is 6.30. The number of fused-ring (bicyclic) bond motifs is 1. The van der Waals surface area contributed by atoms with Crippen molar-refractivity contribution >= 4 is 0 Å². The molecule has 0 bridgehead atoms. The topological polar surface area (TPSA) is 69.9 Å². The van der Waals surface area contributed by atoms with Crippen LogP contribution in [0.4, 0.5) is 0 Å². The summed E-state index contributed by atoms with van der Waals surface area (Å²) in [4.78, 5) is 0. The van der Waals surface area contributed by atoms with E-state index in [1.807, 2.05) is 19.9 Å². The Labute approximate surface area is 224 Å². The van der Waals surface area contributed by atoms with E-state index in [2.05, 4.69) is 51.6 Å². The van der Waals surface area contributed by atoms with E-state index >= 15 is 0 Å². The van der Waals surface area contributed by atoms with Gasteiger partial charge in [0.15, 0.2) is 0 Å². The highest BCUT2D eigenvalue weighted by Gasteiger charge is 2.50. The smallest absolute Gasteiger partial charge is 0.0840 e. The molecular weight excluding hydrogens is 460 g/mol. The van der Waals surface area contributed by atoms with Gasteiger partial charge in [-0.3, -0.25) is 0 Å². The first-order chi connectivity index (χ1) is 17.4. The summed E-state index contributed by atoms with van der Waals surface area (Å²) in [7, 11) is 0. The Morgan fingerprint density at radius 2 is 1.95 bits per heavy atom. The zero-order valence-corrected chi connectivity index (χ0v) is 23.6. The van der Waals surface area contributed by atoms with Crippen molar-refractivity contribution in [2.75, 3.05) is 6.61 Å². The number of ether oxygens (including phenoxy) is 1. The van der Waals surface area contributed by atoms with E-state index in [0.29, 0.717) is 37.2 Å². The third-order valence-corrected chi connectivity index (χ3v) is 9.48. The van der Waals surface area contributed by atoms with E-state index in [-0.39, 0.29) is 5.41 Å². The average molecular weight is 509 g/mol. The monoisotopic (exact) mass is 508 g/mol. The highest BCUT2D eigenvalue weighted by atomic mass is 16.5. The number of rotatable bonds is 7. The molecule has 1 aromatic rings. The van der Waals surface area contributed by atoms with Crippen LogP contribution < -0.4 is 0 Å². The van der Waals surface area contributed by atoms with Crippen molar-refractivity contribution in [2.24, 2.45) is 23.2 Å². The molecule has 4 heteroatoms. The van der Waals surface area contributed by atoms with Crippen molar-refractivity contribution < 1.29 is 20.1 Å². The van der Waals surface area contributed by atoms with E-state index < -0.39 is 17.8 Å². The lowest BCUT2D eigenvalue weighted by Gasteiger charge is -2.44. The fourth-order valence-electron chi connectivity index (χ4n) is 7.46. The molecule has 3 N–H and O–H groups in total. The van der Waals surface area contributed by atoms with Crippen LogP contribution in [0, 0.1) is 30.1 Å². The maximum Gasteiger partial charge on any atom is 0.0840 e. The Balaban J connectivity index is 1.40. The second-order valence-corrected chi connectivity index (χ2v) is 12.9. The van der Waals surface area contributed by atoms with Crippen LogP contribution in [-0.2, 0) is 16.9 Å². The Morgan fingerprint density at radius 3 is 2.68 bits per heavy atom. The van der Waals surface area contributed by atoms with Gasteiger partial charge < -0.3 is 20.1 Å². The fraction of sp³-hybridized carbons (Fsp3) is 0.636. The second-order valence-electron chi connectivity index (χ2n) is 12.9. The molecule has 0 aromatic heterocycles. The summed E-state index contributed by atoms with van der Waals surface area (Å²) in [5, 5.41) is 30.7. The summed E-state index contributed by atoms with van der Waals surface area (Å²) in [6, 6.07) is 6.26. The first-order valence-electron chi connectivity index (χ1n) is 14.2. The van der Waals surface area contributed by atoms with Crippen molar-refractivity contribution in [3.8, 4) is 0 Å². The molecule has 3 aliphatic carbocycles. The maximum absolute atomic E-state index is 10.4. The summed E-state index contributed by atoms with van der Waals surface area (Å²) in [5.41, 5.74) is 5.91. The average Bonchev–Trinajstić information content (AvgIpc) is 3.17. The molecule has 0 aliphatic heterocycles. The fourth-order valence-corrected chi connectivity index (χ4v) is 7.46. The van der Waals surface area contributed by atoms with Gasteiger partial charge in [-0.2, -0.15) is 0 Å². The second kappa shape index (κ2) is 11.2. The van der Waals surface area contributed by atoms with Gasteiger partial charge in [0.05, 0.1) is 24.4 Å². The summed E-state index contributed by atoms with van der Waals surface area (Å²) in [5.74, 6) is 1.70. The van der Waals surface area contributed by atoms with Crippen molar-refractivity contribution in [1.82, 2.24) is 0 Å². The van der Waals surface area contributed by atoms with E-state index in [1.165, 1.54) is 31.3 Å². The molecule has 0 saturated heterocycles. The Hall–Kier alpha value is -1.72. The molecule has 3 saturated carbocycles. The lowest BCUT2D eigenvalue weighted by atomic mass is 9.61. The van der Waals surface area contributed by atoms with Crippen molar-refractivity contribution in [1.29, 1.82) is 0 Å². The minimum Gasteiger partial charge on any atom is -0.393 e. The molecule has 1 unspecified atom stereocenters. The first kappa shape index (κ1) is 28.3. The number of aryl methyl sites for hydroxylation is 1. The van der Waals surface area contributed by atoms with E-state index in [0.717, 1.165) is 40.9 Å². The molecule has 3 aliphatic rings. The van der Waals surface area contributed by atoms with Crippen LogP contribution in [-0.4, -0.2) is 34.1 Å². The molecule has 37 heavy (non-hydrogen) atoms. The molecule has 3 fully saturated rings. The predicted molar refractivity (Wildman–Crippen MR) is 150 cm³/mol. The highest BCUT2D eigenvalue weighted by Crippen LogP contribution is 2.59. The van der Waals surface area contributed by atoms with Gasteiger partial charge in [-0.1, -0.05) is 61.9 Å². The van der Waals surface area contributed by atoms with E-state index in [1.54, 1.807) is 0 Å². The van der Waals surface area contributed by atoms with Gasteiger partial charge in [0.25, 0.3) is 0 Å². The molecule has 0 heterocycles. The standard InChI is InChI=1S/C33H48O4/c1-21-14-24(16-27(15-21)32(4,5)36)20-37-19-22(2)29-11-12-30-25(8-7-13-33(29,30)6)9-10-26-17-28(34)18-31(35)23(26)3/h9-10,14-16,22,28-31,34-36H,3,7-8,11-13,17-20H2,1-2,4-6H3/b25-9+,26-10-/t22-,28+,29+,30?,31-,33+/m0/s1. The van der Waals surface area contributed by atoms with Crippen molar-refractivity contribution in [3.05, 3.63) is 70.3 Å². The zero-order chi connectivity index (χ0) is 27.0. The van der Waals surface area contributed by atoms with Crippen molar-refractivity contribution in [3.63, 3.8) is 0 Å². The van der Waals surface area contributed by atoms with Crippen LogP contribution in [0.25, 0.3) is 0 Å². The molecule has 204 valence electrons. The first-order valence-corrected chi connectivity index (χ1v) is 14.2. The number of allylic oxidation sites excluding steroid dienone is 3. The largest absolute Gasteiger partial charge is 0.393 e. The Bertz CT molecular complexity index is 1040. The van der Waals surface area contributed by atoms with Crippen LogP contribution in [0.5, 0.6) is 0 Å². The number of aliphatic hydroxyl groups is 3. The number of hydrogen-bond acceptors (Lipinski definition) is 4. The van der Waals surface area contributed by atoms with Gasteiger partial charge in [-0.05, 0) is 105 Å². The molecule has 4 nitrogen and oxygen atoms in total. The summed E-state index contributed by atoms with van der Waals surface area (Å²) in [6.45, 7) is 16.0. The van der Waals surface area contributed by atoms with Gasteiger partial charge in [-0.15, -0.1) is 0 Å². The summed E-state index contributed by atoms with van der Waals surface area (Å²) < 4.78 is 6.26. The molecule has 0 radical (unpaired) electrons. The minimum absolute atomic E-state index is 0.283. The molecule has 0 spiro atoms. The minimum atomic E-state index is -0.854. The molecule has 4 rings (SSSR count). The lowest BCUT2D eigenvalue weighted by Crippen LogP contribution is -2.37. The number of hydrogen-bond donors (Lipinski definition) is 3. The van der Waals surface area contributed by atoms with Gasteiger partial charge in [0.1, 0.15) is 0 Å². The SMILES string of the molecule is C=C1/C(=C\C=C2/CCC[C@@]3(C)C2CC[C@@H]3[C@@H](C)COCc2cc(C)cc(C(C)(C)O)c2)C[C@@H](O)C[C@@H]1O. The van der Waals surface area contributed by atoms with E-state index in [9.17, 15) is 15.3 Å². The number of aliphatic hydroxyl groups excluding tert-OH is 2. The molecule has 6 atom stereocenters. The molecule has 1 aromatic carbocycles. The maximum atomic E-state index is 10.4. The van der Waals surface area contributed by atoms with Gasteiger partial charge >= 0.3 is 0 Å².